The van der Waals surface area contributed by atoms with E-state index >= 15 is 0 Å². The monoisotopic (exact) mass is 420 g/mol. The number of amides is 4. The maximum Gasteiger partial charge on any atom is 0.322 e. The van der Waals surface area contributed by atoms with Gasteiger partial charge < -0.3 is 20.9 Å². The number of nitrogens with one attached hydrogen (secondary N) is 3. The van der Waals surface area contributed by atoms with Gasteiger partial charge in [0.05, 0.1) is 6.42 Å². The number of rotatable bonds is 4. The van der Waals surface area contributed by atoms with Crippen LogP contribution in [-0.2, 0) is 9.59 Å². The van der Waals surface area contributed by atoms with Gasteiger partial charge in [-0.3, -0.25) is 9.59 Å². The molecule has 2 aromatic rings. The third-order valence-corrected chi connectivity index (χ3v) is 4.58. The van der Waals surface area contributed by atoms with Gasteiger partial charge in [-0.1, -0.05) is 41.4 Å². The van der Waals surface area contributed by atoms with Crippen LogP contribution in [0.5, 0.6) is 0 Å². The number of urea groups is 1. The predicted molar refractivity (Wildman–Crippen MR) is 109 cm³/mol. The molecule has 1 heterocycles. The highest BCUT2D eigenvalue weighted by Crippen LogP contribution is 2.23. The molecule has 0 bridgehead atoms. The van der Waals surface area contributed by atoms with E-state index in [-0.39, 0.29) is 12.3 Å². The summed E-state index contributed by atoms with van der Waals surface area (Å²) in [6, 6.07) is 12.2. The highest BCUT2D eigenvalue weighted by Gasteiger charge is 2.34. The normalized spacial score (nSPS) is 16.3. The molecule has 3 rings (SSSR count). The van der Waals surface area contributed by atoms with Crippen LogP contribution in [0.4, 0.5) is 16.2 Å². The van der Waals surface area contributed by atoms with Gasteiger partial charge in [-0.25, -0.2) is 4.79 Å². The number of hydrogen-bond acceptors (Lipinski definition) is 3. The lowest BCUT2D eigenvalue weighted by atomic mass is 10.1. The van der Waals surface area contributed by atoms with Crippen molar-refractivity contribution in [2.45, 2.75) is 12.5 Å². The molecule has 0 saturated carbocycles. The van der Waals surface area contributed by atoms with Crippen LogP contribution in [0.3, 0.4) is 0 Å². The van der Waals surface area contributed by atoms with Crippen LogP contribution in [0, 0.1) is 0 Å². The van der Waals surface area contributed by atoms with Crippen LogP contribution in [0.1, 0.15) is 6.42 Å². The Bertz CT molecular complexity index is 872. The second kappa shape index (κ2) is 8.95. The molecule has 1 atom stereocenters. The van der Waals surface area contributed by atoms with Crippen LogP contribution >= 0.6 is 23.2 Å². The molecular formula is C19H18Cl2N4O3. The first kappa shape index (κ1) is 20.0. The molecule has 7 nitrogen and oxygen atoms in total. The van der Waals surface area contributed by atoms with Crippen LogP contribution in [0.15, 0.2) is 48.5 Å². The number of carbonyl (C=O) groups is 3. The van der Waals surface area contributed by atoms with Crippen molar-refractivity contribution in [2.24, 2.45) is 0 Å². The molecule has 1 fully saturated rings. The summed E-state index contributed by atoms with van der Waals surface area (Å²) in [5, 5.41) is 8.83. The smallest absolute Gasteiger partial charge is 0.322 e. The Morgan fingerprint density at radius 3 is 2.39 bits per heavy atom. The molecule has 1 aliphatic rings. The summed E-state index contributed by atoms with van der Waals surface area (Å²) in [5.74, 6) is -0.813. The first-order valence-electron chi connectivity index (χ1n) is 8.59. The van der Waals surface area contributed by atoms with E-state index in [4.69, 9.17) is 23.2 Å². The highest BCUT2D eigenvalue weighted by molar-refractivity contribution is 6.35. The summed E-state index contributed by atoms with van der Waals surface area (Å²) in [4.78, 5) is 38.7. The SMILES string of the molecule is O=C(C[C@H]1C(=O)NCCN1C(=O)Nc1ccccc1)Nc1cc(Cl)cc(Cl)c1. The van der Waals surface area contributed by atoms with E-state index in [0.29, 0.717) is 34.5 Å². The van der Waals surface area contributed by atoms with Crippen LogP contribution in [0.25, 0.3) is 0 Å². The summed E-state index contributed by atoms with van der Waals surface area (Å²) in [7, 11) is 0. The average Bonchev–Trinajstić information content (AvgIpc) is 2.63. The van der Waals surface area contributed by atoms with Crippen LogP contribution < -0.4 is 16.0 Å². The Morgan fingerprint density at radius 1 is 1.04 bits per heavy atom. The van der Waals surface area contributed by atoms with Gasteiger partial charge in [0, 0.05) is 34.5 Å². The molecule has 0 spiro atoms. The molecule has 28 heavy (non-hydrogen) atoms. The highest BCUT2D eigenvalue weighted by atomic mass is 35.5. The number of hydrogen-bond donors (Lipinski definition) is 3. The summed E-state index contributed by atoms with van der Waals surface area (Å²) < 4.78 is 0. The van der Waals surface area contributed by atoms with Crippen molar-refractivity contribution in [1.82, 2.24) is 10.2 Å². The lowest BCUT2D eigenvalue weighted by Crippen LogP contribution is -2.59. The third kappa shape index (κ3) is 5.15. The molecule has 0 aliphatic carbocycles. The fourth-order valence-electron chi connectivity index (χ4n) is 2.89. The molecule has 0 radical (unpaired) electrons. The van der Waals surface area contributed by atoms with Crippen molar-refractivity contribution in [3.8, 4) is 0 Å². The molecule has 2 aromatic carbocycles. The molecule has 1 aliphatic heterocycles. The molecule has 1 saturated heterocycles. The number of halogens is 2. The van der Waals surface area contributed by atoms with Gasteiger partial charge in [0.25, 0.3) is 0 Å². The summed E-state index contributed by atoms with van der Waals surface area (Å²) in [5.41, 5.74) is 1.02. The van der Waals surface area contributed by atoms with E-state index in [1.165, 1.54) is 4.90 Å². The number of carbonyl (C=O) groups excluding carboxylic acids is 3. The van der Waals surface area contributed by atoms with Gasteiger partial charge in [-0.2, -0.15) is 0 Å². The summed E-state index contributed by atoms with van der Waals surface area (Å²) in [6.45, 7) is 0.619. The Kier molecular flexibility index (Phi) is 6.38. The third-order valence-electron chi connectivity index (χ3n) is 4.14. The van der Waals surface area contributed by atoms with Gasteiger partial charge in [0.2, 0.25) is 11.8 Å². The minimum absolute atomic E-state index is 0.196. The fraction of sp³-hybridized carbons (Fsp3) is 0.211. The quantitative estimate of drug-likeness (QED) is 0.707. The average molecular weight is 421 g/mol. The van der Waals surface area contributed by atoms with Gasteiger partial charge in [-0.15, -0.1) is 0 Å². The van der Waals surface area contributed by atoms with Gasteiger partial charge in [0.15, 0.2) is 0 Å². The fourth-order valence-corrected chi connectivity index (χ4v) is 3.42. The topological polar surface area (TPSA) is 90.5 Å². The molecule has 146 valence electrons. The molecule has 4 amide bonds. The minimum Gasteiger partial charge on any atom is -0.353 e. The van der Waals surface area contributed by atoms with E-state index < -0.39 is 18.0 Å². The second-order valence-electron chi connectivity index (χ2n) is 6.21. The van der Waals surface area contributed by atoms with Crippen molar-refractivity contribution in [2.75, 3.05) is 23.7 Å². The number of anilines is 2. The lowest BCUT2D eigenvalue weighted by Gasteiger charge is -2.34. The maximum atomic E-state index is 12.6. The van der Waals surface area contributed by atoms with E-state index in [9.17, 15) is 14.4 Å². The Morgan fingerprint density at radius 2 is 1.71 bits per heavy atom. The number of benzene rings is 2. The Hall–Kier alpha value is -2.77. The largest absolute Gasteiger partial charge is 0.353 e. The van der Waals surface area contributed by atoms with Gasteiger partial charge >= 0.3 is 6.03 Å². The molecule has 9 heteroatoms. The standard InChI is InChI=1S/C19H18Cl2N4O3/c20-12-8-13(21)10-15(9-12)23-17(26)11-16-18(27)22-6-7-25(16)19(28)24-14-4-2-1-3-5-14/h1-5,8-10,16H,6-7,11H2,(H,22,27)(H,23,26)(H,24,28)/t16-/m0/s1. The second-order valence-corrected chi connectivity index (χ2v) is 7.08. The molecule has 0 aromatic heterocycles. The predicted octanol–water partition coefficient (Wildman–Crippen LogP) is 3.35. The molecule has 0 unspecified atom stereocenters. The number of para-hydroxylation sites is 1. The van der Waals surface area contributed by atoms with Crippen LogP contribution in [-0.4, -0.2) is 41.9 Å². The van der Waals surface area contributed by atoms with Crippen molar-refractivity contribution < 1.29 is 14.4 Å². The zero-order valence-corrected chi connectivity index (χ0v) is 16.3. The number of nitrogens with zero attached hydrogens (tertiary/aromatic N) is 1. The first-order chi connectivity index (χ1) is 13.4. The van der Waals surface area contributed by atoms with E-state index in [0.717, 1.165) is 0 Å². The lowest BCUT2D eigenvalue weighted by molar-refractivity contribution is -0.130. The molecular weight excluding hydrogens is 403 g/mol. The molecule has 3 N–H and O–H groups in total. The maximum absolute atomic E-state index is 12.6. The summed E-state index contributed by atoms with van der Waals surface area (Å²) >= 11 is 11.9. The summed E-state index contributed by atoms with van der Waals surface area (Å²) in [6.07, 6.45) is -0.196. The van der Waals surface area contributed by atoms with Crippen molar-refractivity contribution in [3.05, 3.63) is 58.6 Å². The van der Waals surface area contributed by atoms with E-state index in [1.54, 1.807) is 42.5 Å². The van der Waals surface area contributed by atoms with Gasteiger partial charge in [0.1, 0.15) is 6.04 Å². The Labute approximate surface area is 172 Å². The minimum atomic E-state index is -0.924. The zero-order chi connectivity index (χ0) is 20.1. The zero-order valence-electron chi connectivity index (χ0n) is 14.7. The first-order valence-corrected chi connectivity index (χ1v) is 9.34. The van der Waals surface area contributed by atoms with Gasteiger partial charge in [-0.05, 0) is 30.3 Å². The van der Waals surface area contributed by atoms with E-state index in [1.807, 2.05) is 6.07 Å². The van der Waals surface area contributed by atoms with Crippen molar-refractivity contribution >= 4 is 52.4 Å². The van der Waals surface area contributed by atoms with E-state index in [2.05, 4.69) is 16.0 Å². The Balaban J connectivity index is 1.68. The van der Waals surface area contributed by atoms with Crippen molar-refractivity contribution in [1.29, 1.82) is 0 Å². The van der Waals surface area contributed by atoms with Crippen molar-refractivity contribution in [3.63, 3.8) is 0 Å². The van der Waals surface area contributed by atoms with Crippen LogP contribution in [0.2, 0.25) is 10.0 Å². The number of piperazine rings is 1.